The third-order valence-corrected chi connectivity index (χ3v) is 6.17. The van der Waals surface area contributed by atoms with Gasteiger partial charge in [-0.1, -0.05) is 23.8 Å². The second kappa shape index (κ2) is 6.92. The monoisotopic (exact) mass is 368 g/mol. The molecular weight excluding hydrogens is 348 g/mol. The van der Waals surface area contributed by atoms with Gasteiger partial charge in [-0.05, 0) is 51.1 Å². The van der Waals surface area contributed by atoms with Crippen LogP contribution in [0.4, 0.5) is 5.69 Å². The van der Waals surface area contributed by atoms with Crippen LogP contribution in [0.5, 0.6) is 0 Å². The molecule has 0 bridgehead atoms. The van der Waals surface area contributed by atoms with Crippen molar-refractivity contribution in [1.29, 1.82) is 0 Å². The summed E-state index contributed by atoms with van der Waals surface area (Å²) in [6, 6.07) is 11.8. The minimum absolute atomic E-state index is 0.000283. The van der Waals surface area contributed by atoms with Gasteiger partial charge < -0.3 is 0 Å². The Balaban J connectivity index is 2.31. The number of sulfonamides is 2. The Labute approximate surface area is 143 Å². The Morgan fingerprint density at radius 1 is 0.833 bits per heavy atom. The summed E-state index contributed by atoms with van der Waals surface area (Å²) in [5.41, 5.74) is 1.13. The molecule has 2 N–H and O–H groups in total. The largest absolute Gasteiger partial charge is 0.280 e. The maximum absolute atomic E-state index is 12.4. The molecule has 0 fully saturated rings. The third kappa shape index (κ3) is 4.56. The summed E-state index contributed by atoms with van der Waals surface area (Å²) in [6.07, 6.45) is 0. The Morgan fingerprint density at radius 2 is 1.46 bits per heavy atom. The van der Waals surface area contributed by atoms with E-state index in [-0.39, 0.29) is 21.5 Å². The van der Waals surface area contributed by atoms with Crippen molar-refractivity contribution in [2.75, 3.05) is 4.72 Å². The van der Waals surface area contributed by atoms with Crippen LogP contribution in [0.15, 0.2) is 58.3 Å². The Morgan fingerprint density at radius 3 is 2.04 bits per heavy atom. The lowest BCUT2D eigenvalue weighted by molar-refractivity contribution is 0.569. The predicted octanol–water partition coefficient (Wildman–Crippen LogP) is 2.48. The summed E-state index contributed by atoms with van der Waals surface area (Å²) >= 11 is 0. The molecule has 0 aliphatic carbocycles. The summed E-state index contributed by atoms with van der Waals surface area (Å²) in [7, 11) is -7.47. The average Bonchev–Trinajstić information content (AvgIpc) is 2.46. The van der Waals surface area contributed by atoms with Crippen LogP contribution < -0.4 is 9.44 Å². The molecule has 6 nitrogen and oxygen atoms in total. The molecule has 2 rings (SSSR count). The molecule has 130 valence electrons. The van der Waals surface area contributed by atoms with Crippen molar-refractivity contribution in [3.63, 3.8) is 0 Å². The molecule has 2 aromatic carbocycles. The normalized spacial score (nSPS) is 12.3. The zero-order valence-electron chi connectivity index (χ0n) is 13.6. The van der Waals surface area contributed by atoms with Crippen molar-refractivity contribution >= 4 is 25.7 Å². The van der Waals surface area contributed by atoms with Crippen molar-refractivity contribution in [3.05, 3.63) is 54.1 Å². The summed E-state index contributed by atoms with van der Waals surface area (Å²) in [5, 5.41) is 0. The third-order valence-electron chi connectivity index (χ3n) is 3.12. The molecule has 0 unspecified atom stereocenters. The van der Waals surface area contributed by atoms with Crippen LogP contribution in [0, 0.1) is 6.92 Å². The van der Waals surface area contributed by atoms with Gasteiger partial charge in [0.1, 0.15) is 0 Å². The molecule has 0 aliphatic heterocycles. The van der Waals surface area contributed by atoms with E-state index in [1.165, 1.54) is 36.4 Å². The molecule has 0 heterocycles. The second-order valence-electron chi connectivity index (χ2n) is 5.72. The highest BCUT2D eigenvalue weighted by Crippen LogP contribution is 2.20. The van der Waals surface area contributed by atoms with E-state index in [0.717, 1.165) is 5.56 Å². The van der Waals surface area contributed by atoms with Crippen molar-refractivity contribution in [3.8, 4) is 0 Å². The molecule has 2 aromatic rings. The lowest BCUT2D eigenvalue weighted by atomic mass is 10.2. The Bertz CT molecular complexity index is 919. The van der Waals surface area contributed by atoms with Gasteiger partial charge >= 0.3 is 0 Å². The van der Waals surface area contributed by atoms with Gasteiger partial charge in [-0.25, -0.2) is 21.6 Å². The zero-order chi connectivity index (χ0) is 18.0. The topological polar surface area (TPSA) is 92.3 Å². The molecular formula is C16H20N2O4S2. The molecule has 0 aliphatic rings. The van der Waals surface area contributed by atoms with E-state index >= 15 is 0 Å². The standard InChI is InChI=1S/C16H20N2O4S2/c1-12(2)17-24(21,22)16-6-4-5-14(11-16)18-23(19,20)15-9-7-13(3)8-10-15/h4-12,17-18H,1-3H3. The molecule has 0 radical (unpaired) electrons. The van der Waals surface area contributed by atoms with Gasteiger partial charge in [0.05, 0.1) is 15.5 Å². The van der Waals surface area contributed by atoms with Gasteiger partial charge in [0.2, 0.25) is 10.0 Å². The maximum atomic E-state index is 12.4. The summed E-state index contributed by atoms with van der Waals surface area (Å²) in [4.78, 5) is 0.113. The number of rotatable bonds is 6. The van der Waals surface area contributed by atoms with Crippen LogP contribution in [0.1, 0.15) is 19.4 Å². The van der Waals surface area contributed by atoms with E-state index < -0.39 is 20.0 Å². The first kappa shape index (κ1) is 18.4. The molecule has 0 atom stereocenters. The molecule has 24 heavy (non-hydrogen) atoms. The van der Waals surface area contributed by atoms with Gasteiger partial charge in [-0.3, -0.25) is 4.72 Å². The fourth-order valence-corrected chi connectivity index (χ4v) is 4.38. The van der Waals surface area contributed by atoms with Gasteiger partial charge in [-0.15, -0.1) is 0 Å². The quantitative estimate of drug-likeness (QED) is 0.819. The van der Waals surface area contributed by atoms with Crippen molar-refractivity contribution in [2.24, 2.45) is 0 Å². The SMILES string of the molecule is Cc1ccc(S(=O)(=O)Nc2cccc(S(=O)(=O)NC(C)C)c2)cc1. The molecule has 0 saturated heterocycles. The van der Waals surface area contributed by atoms with Crippen LogP contribution >= 0.6 is 0 Å². The van der Waals surface area contributed by atoms with Crippen molar-refractivity contribution in [2.45, 2.75) is 36.6 Å². The smallest absolute Gasteiger partial charge is 0.261 e. The van der Waals surface area contributed by atoms with Gasteiger partial charge in [0, 0.05) is 6.04 Å². The molecule has 0 aromatic heterocycles. The van der Waals surface area contributed by atoms with Gasteiger partial charge in [-0.2, -0.15) is 0 Å². The van der Waals surface area contributed by atoms with Crippen LogP contribution in [-0.2, 0) is 20.0 Å². The van der Waals surface area contributed by atoms with Crippen LogP contribution in [-0.4, -0.2) is 22.9 Å². The predicted molar refractivity (Wildman–Crippen MR) is 93.9 cm³/mol. The van der Waals surface area contributed by atoms with E-state index in [1.54, 1.807) is 26.0 Å². The highest BCUT2D eigenvalue weighted by Gasteiger charge is 2.18. The van der Waals surface area contributed by atoms with E-state index in [9.17, 15) is 16.8 Å². The van der Waals surface area contributed by atoms with E-state index in [0.29, 0.717) is 0 Å². The summed E-state index contributed by atoms with van der Waals surface area (Å²) in [5.74, 6) is 0. The van der Waals surface area contributed by atoms with E-state index in [4.69, 9.17) is 0 Å². The van der Waals surface area contributed by atoms with Crippen LogP contribution in [0.2, 0.25) is 0 Å². The van der Waals surface area contributed by atoms with Crippen LogP contribution in [0.3, 0.4) is 0 Å². The fourth-order valence-electron chi connectivity index (χ4n) is 2.04. The Kier molecular flexibility index (Phi) is 5.32. The van der Waals surface area contributed by atoms with Gasteiger partial charge in [0.25, 0.3) is 10.0 Å². The number of hydrogen-bond donors (Lipinski definition) is 2. The van der Waals surface area contributed by atoms with E-state index in [1.807, 2.05) is 6.92 Å². The molecule has 0 amide bonds. The van der Waals surface area contributed by atoms with Crippen LogP contribution in [0.25, 0.3) is 0 Å². The first-order valence-corrected chi connectivity index (χ1v) is 10.3. The average molecular weight is 368 g/mol. The summed E-state index contributed by atoms with van der Waals surface area (Å²) in [6.45, 7) is 5.28. The first-order valence-electron chi connectivity index (χ1n) is 7.32. The summed E-state index contributed by atoms with van der Waals surface area (Å²) < 4.78 is 54.0. The maximum Gasteiger partial charge on any atom is 0.261 e. The Hall–Kier alpha value is -1.90. The second-order valence-corrected chi connectivity index (χ2v) is 9.12. The molecule has 0 saturated carbocycles. The molecule has 8 heteroatoms. The number of nitrogens with one attached hydrogen (secondary N) is 2. The lowest BCUT2D eigenvalue weighted by Crippen LogP contribution is -2.30. The minimum atomic E-state index is -3.78. The number of benzene rings is 2. The number of anilines is 1. The minimum Gasteiger partial charge on any atom is -0.280 e. The molecule has 0 spiro atoms. The lowest BCUT2D eigenvalue weighted by Gasteiger charge is -2.12. The highest BCUT2D eigenvalue weighted by atomic mass is 32.2. The van der Waals surface area contributed by atoms with E-state index in [2.05, 4.69) is 9.44 Å². The zero-order valence-corrected chi connectivity index (χ0v) is 15.3. The van der Waals surface area contributed by atoms with Crippen molar-refractivity contribution < 1.29 is 16.8 Å². The highest BCUT2D eigenvalue weighted by molar-refractivity contribution is 7.92. The van der Waals surface area contributed by atoms with Gasteiger partial charge in [0.15, 0.2) is 0 Å². The fraction of sp³-hybridized carbons (Fsp3) is 0.250. The van der Waals surface area contributed by atoms with Crippen molar-refractivity contribution in [1.82, 2.24) is 4.72 Å². The number of hydrogen-bond acceptors (Lipinski definition) is 4. The number of aryl methyl sites for hydroxylation is 1. The first-order chi connectivity index (χ1) is 11.1.